The zero-order valence-corrected chi connectivity index (χ0v) is 22.6. The molecule has 1 aliphatic heterocycles. The van der Waals surface area contributed by atoms with E-state index in [1.54, 1.807) is 12.1 Å². The minimum atomic E-state index is -3.33. The molecule has 1 aliphatic rings. The van der Waals surface area contributed by atoms with Crippen LogP contribution in [0.3, 0.4) is 0 Å². The lowest BCUT2D eigenvalue weighted by Crippen LogP contribution is -2.53. The van der Waals surface area contributed by atoms with Crippen LogP contribution in [0, 0.1) is 5.82 Å². The largest absolute Gasteiger partial charge is 0.493 e. The van der Waals surface area contributed by atoms with Crippen molar-refractivity contribution in [2.75, 3.05) is 43.6 Å². The van der Waals surface area contributed by atoms with Gasteiger partial charge in [0.2, 0.25) is 11.7 Å². The number of hydrogen-bond donors (Lipinski definition) is 3. The van der Waals surface area contributed by atoms with Crippen LogP contribution in [0.1, 0.15) is 13.8 Å². The summed E-state index contributed by atoms with van der Waals surface area (Å²) < 4.78 is 52.3. The Morgan fingerprint density at radius 1 is 1.10 bits per heavy atom. The number of halogens is 1. The monoisotopic (exact) mass is 564 g/mol. The summed E-state index contributed by atoms with van der Waals surface area (Å²) in [4.78, 5) is 35.5. The van der Waals surface area contributed by atoms with Crippen LogP contribution in [-0.2, 0) is 13.9 Å². The highest BCUT2D eigenvalue weighted by molar-refractivity contribution is 7.32. The average molecular weight is 564 g/mol. The van der Waals surface area contributed by atoms with Gasteiger partial charge in [0, 0.05) is 17.8 Å². The fraction of sp³-hybridized carbons (Fsp3) is 0.304. The van der Waals surface area contributed by atoms with Crippen molar-refractivity contribution < 1.29 is 42.1 Å². The lowest BCUT2D eigenvalue weighted by Gasteiger charge is -2.37. The van der Waals surface area contributed by atoms with Gasteiger partial charge in [-0.25, -0.2) is 14.4 Å². The van der Waals surface area contributed by atoms with Crippen molar-refractivity contribution in [1.29, 1.82) is 0 Å². The van der Waals surface area contributed by atoms with E-state index in [2.05, 4.69) is 25.6 Å². The maximum atomic E-state index is 14.7. The summed E-state index contributed by atoms with van der Waals surface area (Å²) in [6, 6.07) is 6.26. The predicted octanol–water partition coefficient (Wildman–Crippen LogP) is 3.38. The Labute approximate surface area is 223 Å². The summed E-state index contributed by atoms with van der Waals surface area (Å²) in [5.74, 6) is -0.0157. The third-order valence-electron chi connectivity index (χ3n) is 5.45. The summed E-state index contributed by atoms with van der Waals surface area (Å²) in [6.07, 6.45) is 0.961. The highest BCUT2D eigenvalue weighted by Crippen LogP contribution is 2.41. The molecule has 0 fully saturated rings. The molecule has 1 atom stereocenters. The number of fused-ring (bicyclic) bond motifs is 1. The van der Waals surface area contributed by atoms with Crippen LogP contribution in [0.2, 0.25) is 0 Å². The molecule has 4 rings (SSSR count). The molecule has 3 heterocycles. The number of nitrogens with one attached hydrogen (secondary N) is 2. The first-order valence-corrected chi connectivity index (χ1v) is 12.6. The molecule has 0 saturated carbocycles. The Balaban J connectivity index is 1.62. The molecule has 0 aliphatic carbocycles. The number of rotatable bonds is 10. The SMILES string of the molecule is COc1cc(Nc2ncc(F)c(Nc3ccc4c(n3)N(CO[PH](=O)O)C(=O)C(C)(C)O4)n2)cc(OC)c1OC. The predicted molar refractivity (Wildman–Crippen MR) is 138 cm³/mol. The summed E-state index contributed by atoms with van der Waals surface area (Å²) in [6.45, 7) is 2.55. The smallest absolute Gasteiger partial charge is 0.318 e. The van der Waals surface area contributed by atoms with E-state index in [0.29, 0.717) is 22.9 Å². The Kier molecular flexibility index (Phi) is 8.04. The normalized spacial score (nSPS) is 14.6. The third kappa shape index (κ3) is 5.95. The van der Waals surface area contributed by atoms with Crippen molar-refractivity contribution in [3.63, 3.8) is 0 Å². The quantitative estimate of drug-likeness (QED) is 0.307. The molecule has 2 aromatic heterocycles. The lowest BCUT2D eigenvalue weighted by atomic mass is 10.1. The lowest BCUT2D eigenvalue weighted by molar-refractivity contribution is -0.133. The first-order valence-electron chi connectivity index (χ1n) is 11.3. The van der Waals surface area contributed by atoms with Gasteiger partial charge in [0.15, 0.2) is 40.3 Å². The van der Waals surface area contributed by atoms with Crippen LogP contribution in [0.4, 0.5) is 33.5 Å². The van der Waals surface area contributed by atoms with Gasteiger partial charge in [0.25, 0.3) is 5.91 Å². The summed E-state index contributed by atoms with van der Waals surface area (Å²) in [7, 11) is 1.10. The van der Waals surface area contributed by atoms with Crippen LogP contribution < -0.4 is 34.5 Å². The van der Waals surface area contributed by atoms with Crippen LogP contribution in [0.25, 0.3) is 0 Å². The number of carbonyl (C=O) groups excluding carboxylic acids is 1. The molecule has 208 valence electrons. The highest BCUT2D eigenvalue weighted by atomic mass is 31.1. The maximum absolute atomic E-state index is 14.7. The van der Waals surface area contributed by atoms with E-state index in [-0.39, 0.29) is 29.2 Å². The van der Waals surface area contributed by atoms with Gasteiger partial charge in [-0.2, -0.15) is 4.98 Å². The van der Waals surface area contributed by atoms with Crippen molar-refractivity contribution in [3.8, 4) is 23.0 Å². The second kappa shape index (κ2) is 11.3. The topological polar surface area (TPSA) is 166 Å². The van der Waals surface area contributed by atoms with E-state index >= 15 is 0 Å². The fourth-order valence-corrected chi connectivity index (χ4v) is 3.92. The van der Waals surface area contributed by atoms with Crippen LogP contribution in [0.5, 0.6) is 23.0 Å². The molecule has 0 saturated heterocycles. The molecular weight excluding hydrogens is 538 g/mol. The first kappa shape index (κ1) is 27.8. The summed E-state index contributed by atoms with van der Waals surface area (Å²) >= 11 is 0. The zero-order valence-electron chi connectivity index (χ0n) is 21.6. The van der Waals surface area contributed by atoms with Crippen LogP contribution in [0.15, 0.2) is 30.5 Å². The van der Waals surface area contributed by atoms with Gasteiger partial charge in [0.1, 0.15) is 12.5 Å². The number of hydrogen-bond acceptors (Lipinski definition) is 12. The molecule has 14 nitrogen and oxygen atoms in total. The summed E-state index contributed by atoms with van der Waals surface area (Å²) in [5, 5.41) is 5.70. The van der Waals surface area contributed by atoms with Gasteiger partial charge in [-0.1, -0.05) is 0 Å². The van der Waals surface area contributed by atoms with Crippen LogP contribution >= 0.6 is 8.25 Å². The Morgan fingerprint density at radius 2 is 1.79 bits per heavy atom. The molecule has 1 unspecified atom stereocenters. The zero-order chi connectivity index (χ0) is 28.3. The van der Waals surface area contributed by atoms with Crippen molar-refractivity contribution in [3.05, 3.63) is 36.3 Å². The number of aromatic nitrogens is 3. The first-order chi connectivity index (χ1) is 18.6. The number of benzene rings is 1. The number of amides is 1. The molecule has 39 heavy (non-hydrogen) atoms. The second-order valence-corrected chi connectivity index (χ2v) is 9.28. The minimum absolute atomic E-state index is 0.0119. The van der Waals surface area contributed by atoms with Gasteiger partial charge >= 0.3 is 8.25 Å². The molecular formula is C23H26FN6O8P. The van der Waals surface area contributed by atoms with Gasteiger partial charge in [-0.3, -0.25) is 18.8 Å². The Morgan fingerprint density at radius 3 is 2.41 bits per heavy atom. The number of carbonyl (C=O) groups is 1. The molecule has 1 amide bonds. The van der Waals surface area contributed by atoms with E-state index in [1.165, 1.54) is 47.3 Å². The molecule has 3 N–H and O–H groups in total. The average Bonchev–Trinajstić information content (AvgIpc) is 2.90. The highest BCUT2D eigenvalue weighted by Gasteiger charge is 2.42. The fourth-order valence-electron chi connectivity index (χ4n) is 3.68. The van der Waals surface area contributed by atoms with Gasteiger partial charge in [-0.15, -0.1) is 0 Å². The van der Waals surface area contributed by atoms with E-state index in [4.69, 9.17) is 28.4 Å². The van der Waals surface area contributed by atoms with Gasteiger partial charge < -0.3 is 34.5 Å². The van der Waals surface area contributed by atoms with Gasteiger partial charge in [0.05, 0.1) is 27.5 Å². The number of methoxy groups -OCH3 is 3. The second-order valence-electron chi connectivity index (χ2n) is 8.46. The number of nitrogens with zero attached hydrogens (tertiary/aromatic N) is 4. The van der Waals surface area contributed by atoms with Crippen molar-refractivity contribution in [2.45, 2.75) is 19.4 Å². The van der Waals surface area contributed by atoms with Crippen molar-refractivity contribution in [2.24, 2.45) is 0 Å². The molecule has 0 spiro atoms. The third-order valence-corrected chi connectivity index (χ3v) is 5.82. The number of anilines is 5. The van der Waals surface area contributed by atoms with Gasteiger partial charge in [-0.05, 0) is 26.0 Å². The van der Waals surface area contributed by atoms with Crippen molar-refractivity contribution in [1.82, 2.24) is 15.0 Å². The summed E-state index contributed by atoms with van der Waals surface area (Å²) in [5.41, 5.74) is -0.796. The molecule has 16 heteroatoms. The Bertz CT molecular complexity index is 1400. The van der Waals surface area contributed by atoms with E-state index in [0.717, 1.165) is 11.1 Å². The minimum Gasteiger partial charge on any atom is -0.493 e. The molecule has 1 aromatic carbocycles. The molecule has 3 aromatic rings. The number of ether oxygens (including phenoxy) is 4. The maximum Gasteiger partial charge on any atom is 0.318 e. The van der Waals surface area contributed by atoms with E-state index < -0.39 is 32.3 Å². The molecule has 0 bridgehead atoms. The van der Waals surface area contributed by atoms with Crippen molar-refractivity contribution >= 4 is 43.3 Å². The standard InChI is InChI=1S/C23H26FN6O8P/c1-23(2)21(31)30(11-37-39(32)33)20-14(38-23)6-7-17(28-20)27-19-13(24)10-25-22(29-19)26-12-8-15(34-3)18(36-5)16(9-12)35-4/h6-10,39H,11H2,1-5H3,(H,32,33)(H2,25,26,27,28,29). The van der Waals surface area contributed by atoms with E-state index in [9.17, 15) is 13.8 Å². The van der Waals surface area contributed by atoms with Crippen LogP contribution in [-0.4, -0.2) is 59.4 Å². The van der Waals surface area contributed by atoms with E-state index in [1.807, 2.05) is 0 Å². The number of pyridine rings is 1. The Hall–Kier alpha value is -4.20. The molecule has 0 radical (unpaired) electrons.